The van der Waals surface area contributed by atoms with Crippen LogP contribution in [0.25, 0.3) is 0 Å². The van der Waals surface area contributed by atoms with Gasteiger partial charge >= 0.3 is 0 Å². The molecule has 2 rings (SSSR count). The summed E-state index contributed by atoms with van der Waals surface area (Å²) in [6, 6.07) is 12.1. The van der Waals surface area contributed by atoms with E-state index in [1.807, 2.05) is 13.8 Å². The van der Waals surface area contributed by atoms with Crippen molar-refractivity contribution in [1.29, 1.82) is 0 Å². The second-order valence-corrected chi connectivity index (χ2v) is 8.39. The quantitative estimate of drug-likeness (QED) is 0.533. The summed E-state index contributed by atoms with van der Waals surface area (Å²) in [5.41, 5.74) is 0.870. The van der Waals surface area contributed by atoms with Crippen molar-refractivity contribution in [2.75, 3.05) is 18.5 Å². The Hall–Kier alpha value is -2.91. The number of ether oxygens (including phenoxy) is 1. The molecule has 0 bridgehead atoms. The Morgan fingerprint density at radius 2 is 1.63 bits per heavy atom. The zero-order valence-electron chi connectivity index (χ0n) is 17.3. The third-order valence-electron chi connectivity index (χ3n) is 4.25. The molecule has 0 saturated carbocycles. The largest absolute Gasteiger partial charge is 0.484 e. The summed E-state index contributed by atoms with van der Waals surface area (Å²) in [5.74, 6) is -0.0767. The Kier molecular flexibility index (Phi) is 8.37. The Bertz CT molecular complexity index is 957. The lowest BCUT2D eigenvalue weighted by Gasteiger charge is -2.12. The van der Waals surface area contributed by atoms with Gasteiger partial charge in [0.25, 0.3) is 11.8 Å². The SMILES string of the molecule is CCNC(=O)COc1ccc(NC(=O)c2ccc(S(=O)(=O)NC(C)CC)cc2)cc1. The molecule has 8 nitrogen and oxygen atoms in total. The molecule has 30 heavy (non-hydrogen) atoms. The smallest absolute Gasteiger partial charge is 0.257 e. The van der Waals surface area contributed by atoms with Crippen molar-refractivity contribution in [1.82, 2.24) is 10.0 Å². The van der Waals surface area contributed by atoms with Crippen LogP contribution in [0, 0.1) is 0 Å². The van der Waals surface area contributed by atoms with E-state index in [2.05, 4.69) is 15.4 Å². The molecule has 1 unspecified atom stereocenters. The van der Waals surface area contributed by atoms with Crippen molar-refractivity contribution in [3.05, 3.63) is 54.1 Å². The molecule has 0 aliphatic carbocycles. The molecule has 0 heterocycles. The van der Waals surface area contributed by atoms with E-state index in [-0.39, 0.29) is 29.4 Å². The van der Waals surface area contributed by atoms with E-state index in [1.165, 1.54) is 24.3 Å². The lowest BCUT2D eigenvalue weighted by molar-refractivity contribution is -0.122. The maximum Gasteiger partial charge on any atom is 0.257 e. The minimum Gasteiger partial charge on any atom is -0.484 e. The van der Waals surface area contributed by atoms with Crippen LogP contribution >= 0.6 is 0 Å². The molecule has 9 heteroatoms. The standard InChI is InChI=1S/C21H27N3O5S/c1-4-15(3)24-30(27,28)19-12-6-16(7-13-19)21(26)23-17-8-10-18(11-9-17)29-14-20(25)22-5-2/h6-13,15,24H,4-5,14H2,1-3H3,(H,22,25)(H,23,26). The summed E-state index contributed by atoms with van der Waals surface area (Å²) >= 11 is 0. The summed E-state index contributed by atoms with van der Waals surface area (Å²) in [6.07, 6.45) is 0.676. The monoisotopic (exact) mass is 433 g/mol. The molecule has 0 aliphatic heterocycles. The van der Waals surface area contributed by atoms with Gasteiger partial charge in [0.1, 0.15) is 5.75 Å². The van der Waals surface area contributed by atoms with Crippen molar-refractivity contribution < 1.29 is 22.7 Å². The summed E-state index contributed by atoms with van der Waals surface area (Å²) < 4.78 is 32.5. The fourth-order valence-corrected chi connectivity index (χ4v) is 3.76. The summed E-state index contributed by atoms with van der Waals surface area (Å²) in [6.45, 7) is 5.96. The predicted molar refractivity (Wildman–Crippen MR) is 115 cm³/mol. The highest BCUT2D eigenvalue weighted by Crippen LogP contribution is 2.17. The first-order valence-electron chi connectivity index (χ1n) is 9.68. The number of hydrogen-bond acceptors (Lipinski definition) is 5. The molecule has 1 atom stereocenters. The van der Waals surface area contributed by atoms with Crippen LogP contribution in [-0.2, 0) is 14.8 Å². The molecule has 0 aromatic heterocycles. The predicted octanol–water partition coefficient (Wildman–Crippen LogP) is 2.53. The normalized spacial score (nSPS) is 12.1. The maximum absolute atomic E-state index is 12.4. The van der Waals surface area contributed by atoms with Crippen molar-refractivity contribution in [3.8, 4) is 5.75 Å². The van der Waals surface area contributed by atoms with Gasteiger partial charge in [-0.25, -0.2) is 13.1 Å². The fourth-order valence-electron chi connectivity index (χ4n) is 2.44. The molecule has 2 aromatic rings. The molecule has 0 fully saturated rings. The van der Waals surface area contributed by atoms with E-state index >= 15 is 0 Å². The molecule has 0 aliphatic rings. The van der Waals surface area contributed by atoms with Gasteiger partial charge < -0.3 is 15.4 Å². The molecule has 3 N–H and O–H groups in total. The average molecular weight is 434 g/mol. The number of nitrogens with one attached hydrogen (secondary N) is 3. The van der Waals surface area contributed by atoms with E-state index in [4.69, 9.17) is 4.74 Å². The first-order chi connectivity index (χ1) is 14.2. The van der Waals surface area contributed by atoms with Crippen LogP contribution in [0.5, 0.6) is 5.75 Å². The highest BCUT2D eigenvalue weighted by atomic mass is 32.2. The third-order valence-corrected chi connectivity index (χ3v) is 5.86. The molecule has 2 amide bonds. The van der Waals surface area contributed by atoms with E-state index in [0.29, 0.717) is 30.0 Å². The van der Waals surface area contributed by atoms with Gasteiger partial charge in [-0.05, 0) is 68.8 Å². The Morgan fingerprint density at radius 1 is 1.00 bits per heavy atom. The number of sulfonamides is 1. The Labute approximate surface area is 177 Å². The number of likely N-dealkylation sites (N-methyl/N-ethyl adjacent to an activating group) is 1. The van der Waals surface area contributed by atoms with E-state index < -0.39 is 10.0 Å². The Morgan fingerprint density at radius 3 is 2.20 bits per heavy atom. The van der Waals surface area contributed by atoms with Gasteiger partial charge in [0, 0.05) is 23.8 Å². The zero-order chi connectivity index (χ0) is 22.1. The zero-order valence-corrected chi connectivity index (χ0v) is 18.1. The number of benzene rings is 2. The van der Waals surface area contributed by atoms with Crippen molar-refractivity contribution >= 4 is 27.5 Å². The molecule has 0 radical (unpaired) electrons. The first kappa shape index (κ1) is 23.4. The van der Waals surface area contributed by atoms with Crippen LogP contribution in [0.2, 0.25) is 0 Å². The average Bonchev–Trinajstić information content (AvgIpc) is 2.73. The van der Waals surface area contributed by atoms with Crippen molar-refractivity contribution in [2.24, 2.45) is 0 Å². The number of hydrogen-bond donors (Lipinski definition) is 3. The van der Waals surface area contributed by atoms with Crippen LogP contribution in [-0.4, -0.2) is 39.4 Å². The Balaban J connectivity index is 1.97. The molecular formula is C21H27N3O5S. The molecular weight excluding hydrogens is 406 g/mol. The van der Waals surface area contributed by atoms with E-state index in [9.17, 15) is 18.0 Å². The van der Waals surface area contributed by atoms with Gasteiger partial charge in [0.2, 0.25) is 10.0 Å². The van der Waals surface area contributed by atoms with Crippen LogP contribution in [0.15, 0.2) is 53.4 Å². The van der Waals surface area contributed by atoms with Gasteiger partial charge in [0.15, 0.2) is 6.61 Å². The second-order valence-electron chi connectivity index (χ2n) is 6.68. The topological polar surface area (TPSA) is 114 Å². The van der Waals surface area contributed by atoms with Crippen molar-refractivity contribution in [3.63, 3.8) is 0 Å². The highest BCUT2D eigenvalue weighted by Gasteiger charge is 2.17. The van der Waals surface area contributed by atoms with Gasteiger partial charge in [-0.15, -0.1) is 0 Å². The van der Waals surface area contributed by atoms with Crippen LogP contribution < -0.4 is 20.1 Å². The minimum absolute atomic E-state index is 0.0826. The number of amides is 2. The number of anilines is 1. The minimum atomic E-state index is -3.62. The number of rotatable bonds is 10. The van der Waals surface area contributed by atoms with Gasteiger partial charge in [0.05, 0.1) is 4.90 Å². The second kappa shape index (κ2) is 10.7. The summed E-state index contributed by atoms with van der Waals surface area (Å²) in [4.78, 5) is 23.9. The fraction of sp³-hybridized carbons (Fsp3) is 0.333. The van der Waals surface area contributed by atoms with Crippen LogP contribution in [0.1, 0.15) is 37.6 Å². The van der Waals surface area contributed by atoms with Gasteiger partial charge in [-0.1, -0.05) is 6.92 Å². The van der Waals surface area contributed by atoms with Gasteiger partial charge in [-0.2, -0.15) is 0 Å². The molecule has 2 aromatic carbocycles. The van der Waals surface area contributed by atoms with Crippen LogP contribution in [0.3, 0.4) is 0 Å². The first-order valence-corrected chi connectivity index (χ1v) is 11.2. The summed E-state index contributed by atoms with van der Waals surface area (Å²) in [7, 11) is -3.62. The maximum atomic E-state index is 12.4. The highest BCUT2D eigenvalue weighted by molar-refractivity contribution is 7.89. The number of carbonyl (C=O) groups excluding carboxylic acids is 2. The molecule has 0 saturated heterocycles. The lowest BCUT2D eigenvalue weighted by Crippen LogP contribution is -2.32. The molecule has 162 valence electrons. The van der Waals surface area contributed by atoms with Gasteiger partial charge in [-0.3, -0.25) is 9.59 Å². The van der Waals surface area contributed by atoms with E-state index in [1.54, 1.807) is 31.2 Å². The van der Waals surface area contributed by atoms with E-state index in [0.717, 1.165) is 0 Å². The molecule has 0 spiro atoms. The van der Waals surface area contributed by atoms with Crippen LogP contribution in [0.4, 0.5) is 5.69 Å². The van der Waals surface area contributed by atoms with Crippen molar-refractivity contribution in [2.45, 2.75) is 38.1 Å². The summed E-state index contributed by atoms with van der Waals surface area (Å²) in [5, 5.41) is 5.37. The lowest BCUT2D eigenvalue weighted by atomic mass is 10.2. The number of carbonyl (C=O) groups is 2. The third kappa shape index (κ3) is 6.85.